The van der Waals surface area contributed by atoms with E-state index in [4.69, 9.17) is 0 Å². The monoisotopic (exact) mass is 222 g/mol. The highest BCUT2D eigenvalue weighted by atomic mass is 19.4. The fraction of sp³-hybridized carbons (Fsp3) is 0.750. The van der Waals surface area contributed by atoms with E-state index in [0.29, 0.717) is 12.8 Å². The SMILES string of the molecule is O=C(C1CC1)N1N=CC[C@]1(O)C(F)(F)F. The third-order valence-corrected chi connectivity index (χ3v) is 2.51. The van der Waals surface area contributed by atoms with E-state index in [9.17, 15) is 23.1 Å². The van der Waals surface area contributed by atoms with Crippen molar-refractivity contribution in [1.82, 2.24) is 5.01 Å². The van der Waals surface area contributed by atoms with Crippen molar-refractivity contribution >= 4 is 12.1 Å². The van der Waals surface area contributed by atoms with E-state index in [-0.39, 0.29) is 5.01 Å². The van der Waals surface area contributed by atoms with Gasteiger partial charge in [0, 0.05) is 18.6 Å². The van der Waals surface area contributed by atoms with Crippen LogP contribution in [-0.4, -0.2) is 34.1 Å². The first-order chi connectivity index (χ1) is 6.86. The Bertz CT molecular complexity index is 324. The molecular formula is C8H9F3N2O2. The van der Waals surface area contributed by atoms with Crippen molar-refractivity contribution in [3.8, 4) is 0 Å². The van der Waals surface area contributed by atoms with E-state index in [0.717, 1.165) is 6.21 Å². The Hall–Kier alpha value is -1.11. The van der Waals surface area contributed by atoms with Crippen molar-refractivity contribution in [2.45, 2.75) is 31.2 Å². The number of nitrogens with zero attached hydrogens (tertiary/aromatic N) is 2. The van der Waals surface area contributed by atoms with Crippen LogP contribution in [0.1, 0.15) is 19.3 Å². The van der Waals surface area contributed by atoms with Crippen molar-refractivity contribution in [3.05, 3.63) is 0 Å². The minimum Gasteiger partial charge on any atom is -0.362 e. The lowest BCUT2D eigenvalue weighted by Gasteiger charge is -2.32. The number of amides is 1. The molecule has 0 bridgehead atoms. The van der Waals surface area contributed by atoms with E-state index in [1.54, 1.807) is 0 Å². The molecule has 0 saturated heterocycles. The van der Waals surface area contributed by atoms with Gasteiger partial charge in [-0.15, -0.1) is 0 Å². The molecule has 0 spiro atoms. The summed E-state index contributed by atoms with van der Waals surface area (Å²) >= 11 is 0. The highest BCUT2D eigenvalue weighted by Crippen LogP contribution is 2.42. The second kappa shape index (κ2) is 2.94. The molecule has 1 fully saturated rings. The van der Waals surface area contributed by atoms with Gasteiger partial charge in [-0.25, -0.2) is 0 Å². The standard InChI is InChI=1S/C8H9F3N2O2/c9-8(10,11)7(15)3-4-12-13(7)6(14)5-1-2-5/h4-5,15H,1-3H2/t7-/m0/s1. The maximum atomic E-state index is 12.5. The Kier molecular flexibility index (Phi) is 2.04. The van der Waals surface area contributed by atoms with Gasteiger partial charge in [-0.05, 0) is 12.8 Å². The molecule has 2 aliphatic rings. The highest BCUT2D eigenvalue weighted by Gasteiger charge is 2.62. The van der Waals surface area contributed by atoms with Crippen molar-refractivity contribution in [3.63, 3.8) is 0 Å². The molecule has 0 unspecified atom stereocenters. The van der Waals surface area contributed by atoms with Crippen LogP contribution >= 0.6 is 0 Å². The van der Waals surface area contributed by atoms with Crippen LogP contribution in [0.5, 0.6) is 0 Å². The molecular weight excluding hydrogens is 213 g/mol. The zero-order chi connectivity index (χ0) is 11.3. The molecule has 0 aromatic carbocycles. The van der Waals surface area contributed by atoms with Gasteiger partial charge in [-0.3, -0.25) is 4.79 Å². The molecule has 1 aliphatic heterocycles. The zero-order valence-electron chi connectivity index (χ0n) is 7.66. The van der Waals surface area contributed by atoms with Gasteiger partial charge in [-0.1, -0.05) is 0 Å². The van der Waals surface area contributed by atoms with Crippen LogP contribution in [0.4, 0.5) is 13.2 Å². The molecule has 1 heterocycles. The van der Waals surface area contributed by atoms with Crippen LogP contribution in [-0.2, 0) is 4.79 Å². The summed E-state index contributed by atoms with van der Waals surface area (Å²) in [7, 11) is 0. The summed E-state index contributed by atoms with van der Waals surface area (Å²) in [4.78, 5) is 11.4. The Morgan fingerprint density at radius 2 is 2.13 bits per heavy atom. The van der Waals surface area contributed by atoms with E-state index < -0.39 is 30.1 Å². The number of carbonyl (C=O) groups excluding carboxylic acids is 1. The summed E-state index contributed by atoms with van der Waals surface area (Å²) in [5, 5.41) is 12.9. The lowest BCUT2D eigenvalue weighted by atomic mass is 10.1. The summed E-state index contributed by atoms with van der Waals surface area (Å²) < 4.78 is 37.5. The number of carbonyl (C=O) groups is 1. The molecule has 1 aliphatic carbocycles. The second-order valence-electron chi connectivity index (χ2n) is 3.74. The smallest absolute Gasteiger partial charge is 0.362 e. The normalized spacial score (nSPS) is 31.1. The third-order valence-electron chi connectivity index (χ3n) is 2.51. The molecule has 1 amide bonds. The van der Waals surface area contributed by atoms with Crippen LogP contribution < -0.4 is 0 Å². The predicted molar refractivity (Wildman–Crippen MR) is 43.7 cm³/mol. The zero-order valence-corrected chi connectivity index (χ0v) is 7.66. The second-order valence-corrected chi connectivity index (χ2v) is 3.74. The maximum absolute atomic E-state index is 12.5. The number of aliphatic hydroxyl groups is 1. The van der Waals surface area contributed by atoms with Crippen LogP contribution in [0.2, 0.25) is 0 Å². The van der Waals surface area contributed by atoms with Gasteiger partial charge in [0.15, 0.2) is 0 Å². The van der Waals surface area contributed by atoms with Gasteiger partial charge in [0.25, 0.3) is 5.72 Å². The van der Waals surface area contributed by atoms with Crippen molar-refractivity contribution in [2.24, 2.45) is 11.0 Å². The number of hydrazone groups is 1. The van der Waals surface area contributed by atoms with Gasteiger partial charge >= 0.3 is 6.18 Å². The maximum Gasteiger partial charge on any atom is 0.438 e. The van der Waals surface area contributed by atoms with Crippen molar-refractivity contribution in [2.75, 3.05) is 0 Å². The first kappa shape index (κ1) is 10.4. The first-order valence-electron chi connectivity index (χ1n) is 4.52. The van der Waals surface area contributed by atoms with E-state index in [1.165, 1.54) is 0 Å². The first-order valence-corrected chi connectivity index (χ1v) is 4.52. The Morgan fingerprint density at radius 3 is 2.60 bits per heavy atom. The van der Waals surface area contributed by atoms with E-state index in [2.05, 4.69) is 5.10 Å². The van der Waals surface area contributed by atoms with Crippen LogP contribution in [0.25, 0.3) is 0 Å². The average molecular weight is 222 g/mol. The van der Waals surface area contributed by atoms with Crippen LogP contribution in [0.15, 0.2) is 5.10 Å². The van der Waals surface area contributed by atoms with Gasteiger partial charge < -0.3 is 5.11 Å². The van der Waals surface area contributed by atoms with Crippen molar-refractivity contribution < 1.29 is 23.1 Å². The Labute approximate surface area is 83.4 Å². The quantitative estimate of drug-likeness (QED) is 0.715. The topological polar surface area (TPSA) is 52.9 Å². The molecule has 0 aromatic heterocycles. The van der Waals surface area contributed by atoms with E-state index >= 15 is 0 Å². The van der Waals surface area contributed by atoms with Gasteiger partial charge in [-0.2, -0.15) is 23.3 Å². The van der Waals surface area contributed by atoms with Crippen LogP contribution in [0.3, 0.4) is 0 Å². The van der Waals surface area contributed by atoms with Gasteiger partial charge in [0.05, 0.1) is 0 Å². The number of hydrogen-bond donors (Lipinski definition) is 1. The summed E-state index contributed by atoms with van der Waals surface area (Å²) in [6, 6.07) is 0. The number of halogens is 3. The van der Waals surface area contributed by atoms with E-state index in [1.807, 2.05) is 0 Å². The number of rotatable bonds is 1. The molecule has 1 saturated carbocycles. The molecule has 4 nitrogen and oxygen atoms in total. The molecule has 7 heteroatoms. The van der Waals surface area contributed by atoms with Gasteiger partial charge in [0.1, 0.15) is 0 Å². The molecule has 0 aromatic rings. The van der Waals surface area contributed by atoms with Gasteiger partial charge in [0.2, 0.25) is 5.91 Å². The fourth-order valence-corrected chi connectivity index (χ4v) is 1.41. The molecule has 1 N–H and O–H groups in total. The summed E-state index contributed by atoms with van der Waals surface area (Å²) in [6.45, 7) is 0. The minimum atomic E-state index is -4.88. The molecule has 84 valence electrons. The fourth-order valence-electron chi connectivity index (χ4n) is 1.41. The lowest BCUT2D eigenvalue weighted by Crippen LogP contribution is -2.56. The number of hydrogen-bond acceptors (Lipinski definition) is 3. The predicted octanol–water partition coefficient (Wildman–Crippen LogP) is 0.865. The number of alkyl halides is 3. The average Bonchev–Trinajstić information content (AvgIpc) is 2.87. The Morgan fingerprint density at radius 1 is 1.53 bits per heavy atom. The Balaban J connectivity index is 2.23. The largest absolute Gasteiger partial charge is 0.438 e. The summed E-state index contributed by atoms with van der Waals surface area (Å²) in [5.74, 6) is -1.15. The van der Waals surface area contributed by atoms with Crippen molar-refractivity contribution in [1.29, 1.82) is 0 Å². The summed E-state index contributed by atoms with van der Waals surface area (Å²) in [5.41, 5.74) is -3.15. The minimum absolute atomic E-state index is 0.171. The summed E-state index contributed by atoms with van der Waals surface area (Å²) in [6.07, 6.45) is -3.53. The highest BCUT2D eigenvalue weighted by molar-refractivity contribution is 5.84. The molecule has 2 rings (SSSR count). The van der Waals surface area contributed by atoms with Crippen LogP contribution in [0, 0.1) is 5.92 Å². The molecule has 1 atom stereocenters. The third kappa shape index (κ3) is 1.50. The molecule has 15 heavy (non-hydrogen) atoms. The lowest BCUT2D eigenvalue weighted by molar-refractivity contribution is -0.302. The molecule has 0 radical (unpaired) electrons.